The molecule has 4 nitrogen and oxygen atoms in total. The number of hydrogen-bond donors (Lipinski definition) is 1. The number of carbonyl (C=O) groups excluding carboxylic acids is 1. The molecule has 0 heterocycles. The number of Topliss-reactive ketones (excluding diaryl/α,β-unsaturated/α-hetero) is 1. The number of phenolic OH excluding ortho intramolecular Hbond substituents is 1. The van der Waals surface area contributed by atoms with Gasteiger partial charge < -0.3 is 14.6 Å². The molecule has 4 heteroatoms. The summed E-state index contributed by atoms with van der Waals surface area (Å²) in [6.45, 7) is 8.31. The van der Waals surface area contributed by atoms with Gasteiger partial charge in [0.2, 0.25) is 0 Å². The van der Waals surface area contributed by atoms with Gasteiger partial charge in [0.05, 0.1) is 19.3 Å². The Bertz CT molecular complexity index is 855. The van der Waals surface area contributed by atoms with Crippen LogP contribution in [0.4, 0.5) is 0 Å². The SMILES string of the molecule is CCCc1c(CCCc2ccc(C(C)=O)c(OC)c2CCC)ccc(OCC)c1O. The van der Waals surface area contributed by atoms with Crippen LogP contribution in [0.2, 0.25) is 0 Å². The number of ether oxygens (including phenoxy) is 2. The number of carbonyl (C=O) groups is 1. The number of benzene rings is 2. The third-order valence-electron chi connectivity index (χ3n) is 5.48. The lowest BCUT2D eigenvalue weighted by Gasteiger charge is -2.17. The standard InChI is InChI=1S/C26H36O4/c1-6-10-22-19(15-17-24(25(22)28)30-8-3)12-9-13-20-14-16-21(18(4)27)26(29-5)23(20)11-7-2/h14-17,28H,6-13H2,1-5H3. The van der Waals surface area contributed by atoms with Crippen LogP contribution in [0.15, 0.2) is 24.3 Å². The minimum Gasteiger partial charge on any atom is -0.504 e. The van der Waals surface area contributed by atoms with Gasteiger partial charge in [-0.1, -0.05) is 38.8 Å². The highest BCUT2D eigenvalue weighted by Gasteiger charge is 2.17. The summed E-state index contributed by atoms with van der Waals surface area (Å²) in [5.41, 5.74) is 5.23. The lowest BCUT2D eigenvalue weighted by Crippen LogP contribution is -2.06. The molecule has 0 aliphatic carbocycles. The second-order valence-electron chi connectivity index (χ2n) is 7.68. The van der Waals surface area contributed by atoms with E-state index < -0.39 is 0 Å². The van der Waals surface area contributed by atoms with Crippen LogP contribution in [0.3, 0.4) is 0 Å². The van der Waals surface area contributed by atoms with Gasteiger partial charge in [0.25, 0.3) is 0 Å². The van der Waals surface area contributed by atoms with Gasteiger partial charge in [0.1, 0.15) is 5.75 Å². The predicted octanol–water partition coefficient (Wildman–Crippen LogP) is 6.08. The maximum Gasteiger partial charge on any atom is 0.163 e. The van der Waals surface area contributed by atoms with Crippen LogP contribution in [0.25, 0.3) is 0 Å². The number of phenols is 1. The molecule has 2 aromatic rings. The van der Waals surface area contributed by atoms with E-state index in [-0.39, 0.29) is 11.5 Å². The van der Waals surface area contributed by atoms with Crippen molar-refractivity contribution < 1.29 is 19.4 Å². The summed E-state index contributed by atoms with van der Waals surface area (Å²) in [5.74, 6) is 1.62. The quantitative estimate of drug-likeness (QED) is 0.429. The van der Waals surface area contributed by atoms with Crippen molar-refractivity contribution in [1.29, 1.82) is 0 Å². The number of aromatic hydroxyl groups is 1. The van der Waals surface area contributed by atoms with Crippen LogP contribution in [0.5, 0.6) is 17.2 Å². The maximum absolute atomic E-state index is 12.0. The lowest BCUT2D eigenvalue weighted by molar-refractivity contribution is 0.101. The molecule has 0 amide bonds. The van der Waals surface area contributed by atoms with Crippen LogP contribution in [-0.4, -0.2) is 24.6 Å². The van der Waals surface area contributed by atoms with Gasteiger partial charge in [-0.05, 0) is 74.8 Å². The van der Waals surface area contributed by atoms with Crippen molar-refractivity contribution in [3.8, 4) is 17.2 Å². The average Bonchev–Trinajstić information content (AvgIpc) is 2.73. The van der Waals surface area contributed by atoms with Gasteiger partial charge in [-0.15, -0.1) is 0 Å². The van der Waals surface area contributed by atoms with E-state index in [2.05, 4.69) is 26.0 Å². The van der Waals surface area contributed by atoms with E-state index in [1.807, 2.05) is 19.1 Å². The zero-order valence-electron chi connectivity index (χ0n) is 19.1. The smallest absolute Gasteiger partial charge is 0.163 e. The van der Waals surface area contributed by atoms with Crippen molar-refractivity contribution in [1.82, 2.24) is 0 Å². The Kier molecular flexibility index (Phi) is 9.22. The molecule has 0 aromatic heterocycles. The van der Waals surface area contributed by atoms with Gasteiger partial charge in [-0.2, -0.15) is 0 Å². The Morgan fingerprint density at radius 3 is 2.07 bits per heavy atom. The molecule has 0 bridgehead atoms. The second kappa shape index (κ2) is 11.6. The molecule has 0 fully saturated rings. The zero-order chi connectivity index (χ0) is 22.1. The average molecular weight is 413 g/mol. The Balaban J connectivity index is 2.24. The first kappa shape index (κ1) is 23.8. The van der Waals surface area contributed by atoms with Gasteiger partial charge in [0, 0.05) is 5.56 Å². The molecular formula is C26H36O4. The molecule has 0 atom stereocenters. The second-order valence-corrected chi connectivity index (χ2v) is 7.68. The number of ketones is 1. The first-order chi connectivity index (χ1) is 14.5. The van der Waals surface area contributed by atoms with Gasteiger partial charge >= 0.3 is 0 Å². The van der Waals surface area contributed by atoms with E-state index in [0.29, 0.717) is 17.9 Å². The minimum absolute atomic E-state index is 0.0322. The van der Waals surface area contributed by atoms with E-state index in [0.717, 1.165) is 61.8 Å². The van der Waals surface area contributed by atoms with E-state index in [9.17, 15) is 9.90 Å². The predicted molar refractivity (Wildman–Crippen MR) is 122 cm³/mol. The van der Waals surface area contributed by atoms with Crippen molar-refractivity contribution in [3.05, 3.63) is 52.1 Å². The molecule has 0 radical (unpaired) electrons. The molecule has 164 valence electrons. The van der Waals surface area contributed by atoms with E-state index in [1.54, 1.807) is 14.0 Å². The molecule has 2 rings (SSSR count). The minimum atomic E-state index is 0.0322. The summed E-state index contributed by atoms with van der Waals surface area (Å²) in [5, 5.41) is 10.6. The molecule has 0 aliphatic rings. The first-order valence-electron chi connectivity index (χ1n) is 11.1. The molecule has 30 heavy (non-hydrogen) atoms. The highest BCUT2D eigenvalue weighted by Crippen LogP contribution is 2.35. The normalized spacial score (nSPS) is 10.8. The summed E-state index contributed by atoms with van der Waals surface area (Å²) >= 11 is 0. The fraction of sp³-hybridized carbons (Fsp3) is 0.500. The highest BCUT2D eigenvalue weighted by atomic mass is 16.5. The summed E-state index contributed by atoms with van der Waals surface area (Å²) in [6, 6.07) is 7.93. The summed E-state index contributed by atoms with van der Waals surface area (Å²) < 4.78 is 11.2. The van der Waals surface area contributed by atoms with Crippen LogP contribution < -0.4 is 9.47 Å². The van der Waals surface area contributed by atoms with E-state index in [4.69, 9.17) is 9.47 Å². The largest absolute Gasteiger partial charge is 0.504 e. The third-order valence-corrected chi connectivity index (χ3v) is 5.48. The van der Waals surface area contributed by atoms with Gasteiger partial charge in [0.15, 0.2) is 17.3 Å². The fourth-order valence-electron chi connectivity index (χ4n) is 4.10. The number of rotatable bonds is 12. The van der Waals surface area contributed by atoms with E-state index in [1.165, 1.54) is 11.1 Å². The fourth-order valence-corrected chi connectivity index (χ4v) is 4.10. The van der Waals surface area contributed by atoms with Gasteiger partial charge in [-0.3, -0.25) is 4.79 Å². The molecule has 0 saturated carbocycles. The van der Waals surface area contributed by atoms with Crippen LogP contribution in [-0.2, 0) is 25.7 Å². The lowest BCUT2D eigenvalue weighted by atomic mass is 9.92. The zero-order valence-corrected chi connectivity index (χ0v) is 19.1. The van der Waals surface area contributed by atoms with E-state index >= 15 is 0 Å². The Hall–Kier alpha value is -2.49. The number of aryl methyl sites for hydroxylation is 2. The van der Waals surface area contributed by atoms with Crippen molar-refractivity contribution in [2.45, 2.75) is 72.6 Å². The molecule has 1 N–H and O–H groups in total. The monoisotopic (exact) mass is 412 g/mol. The molecule has 0 spiro atoms. The topological polar surface area (TPSA) is 55.8 Å². The van der Waals surface area contributed by atoms with Crippen molar-refractivity contribution in [2.24, 2.45) is 0 Å². The molecule has 0 aliphatic heterocycles. The maximum atomic E-state index is 12.0. The third kappa shape index (κ3) is 5.56. The van der Waals surface area contributed by atoms with Crippen molar-refractivity contribution in [3.63, 3.8) is 0 Å². The number of hydrogen-bond acceptors (Lipinski definition) is 4. The van der Waals surface area contributed by atoms with Crippen LogP contribution in [0, 0.1) is 0 Å². The molecular weight excluding hydrogens is 376 g/mol. The first-order valence-corrected chi connectivity index (χ1v) is 11.1. The Morgan fingerprint density at radius 1 is 0.900 bits per heavy atom. The van der Waals surface area contributed by atoms with Crippen LogP contribution in [0.1, 0.15) is 79.6 Å². The van der Waals surface area contributed by atoms with Gasteiger partial charge in [-0.25, -0.2) is 0 Å². The Labute approximate surface area is 181 Å². The summed E-state index contributed by atoms with van der Waals surface area (Å²) in [4.78, 5) is 12.0. The number of methoxy groups -OCH3 is 1. The molecule has 0 saturated heterocycles. The highest BCUT2D eigenvalue weighted by molar-refractivity contribution is 5.97. The van der Waals surface area contributed by atoms with Crippen LogP contribution >= 0.6 is 0 Å². The van der Waals surface area contributed by atoms with Crippen molar-refractivity contribution >= 4 is 5.78 Å². The molecule has 0 unspecified atom stereocenters. The Morgan fingerprint density at radius 2 is 1.50 bits per heavy atom. The molecule has 2 aromatic carbocycles. The van der Waals surface area contributed by atoms with Crippen molar-refractivity contribution in [2.75, 3.05) is 13.7 Å². The summed E-state index contributed by atoms with van der Waals surface area (Å²) in [6.07, 6.45) is 6.46. The summed E-state index contributed by atoms with van der Waals surface area (Å²) in [7, 11) is 1.64.